The van der Waals surface area contributed by atoms with E-state index in [1.165, 1.54) is 6.33 Å². The number of aromatic amines is 1. The molecule has 2 N–H and O–H groups in total. The fourth-order valence-electron chi connectivity index (χ4n) is 3.55. The molecule has 1 fully saturated rings. The summed E-state index contributed by atoms with van der Waals surface area (Å²) in [5.41, 5.74) is 2.42. The van der Waals surface area contributed by atoms with E-state index < -0.39 is 0 Å². The minimum absolute atomic E-state index is 0.0560. The summed E-state index contributed by atoms with van der Waals surface area (Å²) in [6, 6.07) is 7.72. The summed E-state index contributed by atoms with van der Waals surface area (Å²) in [5.74, 6) is 1.56. The van der Waals surface area contributed by atoms with E-state index in [0.717, 1.165) is 42.0 Å². The molecular weight excluding hydrogens is 344 g/mol. The second-order valence-corrected chi connectivity index (χ2v) is 6.61. The first kappa shape index (κ1) is 17.3. The van der Waals surface area contributed by atoms with Crippen LogP contribution in [0, 0.1) is 5.92 Å². The molecule has 4 rings (SSSR count). The van der Waals surface area contributed by atoms with Crippen LogP contribution in [0.25, 0.3) is 11.2 Å². The Labute approximate surface area is 157 Å². The number of carbonyl (C=O) groups excluding carboxylic acids is 1. The van der Waals surface area contributed by atoms with Gasteiger partial charge in [0.25, 0.3) is 0 Å². The van der Waals surface area contributed by atoms with Gasteiger partial charge in [0.2, 0.25) is 5.91 Å². The van der Waals surface area contributed by atoms with Crippen molar-refractivity contribution in [3.8, 4) is 5.75 Å². The Bertz CT molecular complexity index is 941. The summed E-state index contributed by atoms with van der Waals surface area (Å²) in [6.07, 6.45) is 4.94. The average molecular weight is 366 g/mol. The summed E-state index contributed by atoms with van der Waals surface area (Å²) in [7, 11) is 1.64. The molecule has 0 bridgehead atoms. The Kier molecular flexibility index (Phi) is 4.86. The van der Waals surface area contributed by atoms with E-state index in [-0.39, 0.29) is 11.8 Å². The molecule has 3 heterocycles. The van der Waals surface area contributed by atoms with Crippen molar-refractivity contribution in [2.45, 2.75) is 19.4 Å². The van der Waals surface area contributed by atoms with Gasteiger partial charge in [0.15, 0.2) is 11.5 Å². The molecule has 3 aromatic rings. The topological polar surface area (TPSA) is 96.0 Å². The first-order valence-electron chi connectivity index (χ1n) is 9.05. The maximum absolute atomic E-state index is 12.7. The zero-order valence-corrected chi connectivity index (χ0v) is 15.2. The Balaban J connectivity index is 1.43. The highest BCUT2D eigenvalue weighted by Crippen LogP contribution is 2.26. The standard InChI is InChI=1S/C19H22N6O2/c1-27-15-7-3-2-5-13(15)9-20-19(26)14-6-4-8-25(10-14)18-16-17(22-11-21-16)23-12-24-18/h2-3,5,7,11-12,14H,4,6,8-10H2,1H3,(H,20,26)(H,21,22,23,24). The Hall–Kier alpha value is -3.16. The molecule has 8 nitrogen and oxygen atoms in total. The predicted octanol–water partition coefficient (Wildman–Crippen LogP) is 1.89. The van der Waals surface area contributed by atoms with Gasteiger partial charge in [-0.3, -0.25) is 4.79 Å². The van der Waals surface area contributed by atoms with Gasteiger partial charge in [0, 0.05) is 25.2 Å². The highest BCUT2D eigenvalue weighted by atomic mass is 16.5. The quantitative estimate of drug-likeness (QED) is 0.716. The van der Waals surface area contributed by atoms with Gasteiger partial charge in [-0.1, -0.05) is 18.2 Å². The van der Waals surface area contributed by atoms with Gasteiger partial charge in [-0.2, -0.15) is 0 Å². The maximum atomic E-state index is 12.7. The molecule has 1 aliphatic heterocycles. The van der Waals surface area contributed by atoms with Crippen LogP contribution < -0.4 is 15.0 Å². The number of rotatable bonds is 5. The number of ether oxygens (including phenoxy) is 1. The van der Waals surface area contributed by atoms with Crippen molar-refractivity contribution in [3.63, 3.8) is 0 Å². The second-order valence-electron chi connectivity index (χ2n) is 6.61. The number of hydrogen-bond acceptors (Lipinski definition) is 6. The molecule has 1 amide bonds. The van der Waals surface area contributed by atoms with Crippen LogP contribution in [-0.2, 0) is 11.3 Å². The monoisotopic (exact) mass is 366 g/mol. The number of para-hydroxylation sites is 1. The SMILES string of the molecule is COc1ccccc1CNC(=O)C1CCCN(c2ncnc3nc[nH]c23)C1. The number of aromatic nitrogens is 4. The van der Waals surface area contributed by atoms with Crippen molar-refractivity contribution in [2.24, 2.45) is 5.92 Å². The molecule has 27 heavy (non-hydrogen) atoms. The maximum Gasteiger partial charge on any atom is 0.225 e. The van der Waals surface area contributed by atoms with Crippen molar-refractivity contribution in [3.05, 3.63) is 42.5 Å². The summed E-state index contributed by atoms with van der Waals surface area (Å²) >= 11 is 0. The summed E-state index contributed by atoms with van der Waals surface area (Å²) in [5, 5.41) is 3.05. The second kappa shape index (κ2) is 7.61. The zero-order chi connectivity index (χ0) is 18.6. The van der Waals surface area contributed by atoms with E-state index in [1.807, 2.05) is 24.3 Å². The van der Waals surface area contributed by atoms with Gasteiger partial charge < -0.3 is 19.9 Å². The lowest BCUT2D eigenvalue weighted by atomic mass is 9.97. The third-order valence-electron chi connectivity index (χ3n) is 4.94. The predicted molar refractivity (Wildman–Crippen MR) is 101 cm³/mol. The molecule has 0 aliphatic carbocycles. The number of nitrogens with zero attached hydrogens (tertiary/aromatic N) is 4. The number of anilines is 1. The number of benzene rings is 1. The van der Waals surface area contributed by atoms with Gasteiger partial charge in [0.1, 0.15) is 17.6 Å². The smallest absolute Gasteiger partial charge is 0.225 e. The zero-order valence-electron chi connectivity index (χ0n) is 15.2. The van der Waals surface area contributed by atoms with Gasteiger partial charge in [-0.15, -0.1) is 0 Å². The molecule has 2 aromatic heterocycles. The van der Waals surface area contributed by atoms with Crippen LogP contribution in [0.2, 0.25) is 0 Å². The van der Waals surface area contributed by atoms with E-state index in [2.05, 4.69) is 30.2 Å². The fourth-order valence-corrected chi connectivity index (χ4v) is 3.55. The highest BCUT2D eigenvalue weighted by molar-refractivity contribution is 5.84. The minimum Gasteiger partial charge on any atom is -0.496 e. The van der Waals surface area contributed by atoms with Crippen LogP contribution in [0.4, 0.5) is 5.82 Å². The number of nitrogens with one attached hydrogen (secondary N) is 2. The van der Waals surface area contributed by atoms with Crippen LogP contribution >= 0.6 is 0 Å². The summed E-state index contributed by atoms with van der Waals surface area (Å²) in [4.78, 5) is 30.7. The normalized spacial score (nSPS) is 17.1. The van der Waals surface area contributed by atoms with Crippen LogP contribution in [-0.4, -0.2) is 46.0 Å². The van der Waals surface area contributed by atoms with Crippen LogP contribution in [0.5, 0.6) is 5.75 Å². The highest BCUT2D eigenvalue weighted by Gasteiger charge is 2.27. The van der Waals surface area contributed by atoms with Gasteiger partial charge >= 0.3 is 0 Å². The Morgan fingerprint density at radius 3 is 3.11 bits per heavy atom. The van der Waals surface area contributed by atoms with Crippen molar-refractivity contribution in [2.75, 3.05) is 25.1 Å². The Morgan fingerprint density at radius 1 is 1.33 bits per heavy atom. The van der Waals surface area contributed by atoms with Crippen LogP contribution in [0.3, 0.4) is 0 Å². The molecule has 0 radical (unpaired) electrons. The van der Waals surface area contributed by atoms with E-state index in [1.54, 1.807) is 13.4 Å². The molecule has 0 spiro atoms. The van der Waals surface area contributed by atoms with Crippen molar-refractivity contribution < 1.29 is 9.53 Å². The fraction of sp³-hybridized carbons (Fsp3) is 0.368. The number of H-pyrrole nitrogens is 1. The van der Waals surface area contributed by atoms with E-state index in [9.17, 15) is 4.79 Å². The van der Waals surface area contributed by atoms with E-state index in [0.29, 0.717) is 18.7 Å². The van der Waals surface area contributed by atoms with Gasteiger partial charge in [0.05, 0.1) is 19.4 Å². The number of piperidine rings is 1. The number of amides is 1. The number of hydrogen-bond donors (Lipinski definition) is 2. The molecule has 0 saturated carbocycles. The average Bonchev–Trinajstić information content (AvgIpc) is 3.21. The third kappa shape index (κ3) is 3.55. The molecule has 1 saturated heterocycles. The lowest BCUT2D eigenvalue weighted by Crippen LogP contribution is -2.43. The van der Waals surface area contributed by atoms with Crippen molar-refractivity contribution in [1.82, 2.24) is 25.3 Å². The molecule has 1 aromatic carbocycles. The van der Waals surface area contributed by atoms with Crippen LogP contribution in [0.15, 0.2) is 36.9 Å². The first-order valence-corrected chi connectivity index (χ1v) is 9.05. The molecule has 1 unspecified atom stereocenters. The number of methoxy groups -OCH3 is 1. The van der Waals surface area contributed by atoms with E-state index in [4.69, 9.17) is 4.74 Å². The van der Waals surface area contributed by atoms with Crippen LogP contribution in [0.1, 0.15) is 18.4 Å². The number of carbonyl (C=O) groups is 1. The molecule has 1 aliphatic rings. The molecule has 8 heteroatoms. The number of fused-ring (bicyclic) bond motifs is 1. The molecular formula is C19H22N6O2. The Morgan fingerprint density at radius 2 is 2.22 bits per heavy atom. The first-order chi connectivity index (χ1) is 13.3. The lowest BCUT2D eigenvalue weighted by Gasteiger charge is -2.32. The largest absolute Gasteiger partial charge is 0.496 e. The summed E-state index contributed by atoms with van der Waals surface area (Å²) < 4.78 is 5.35. The van der Waals surface area contributed by atoms with Crippen molar-refractivity contribution in [1.29, 1.82) is 0 Å². The van der Waals surface area contributed by atoms with Crippen molar-refractivity contribution >= 4 is 22.9 Å². The van der Waals surface area contributed by atoms with E-state index >= 15 is 0 Å². The van der Waals surface area contributed by atoms with Gasteiger partial charge in [-0.25, -0.2) is 15.0 Å². The molecule has 1 atom stereocenters. The number of imidazole rings is 1. The summed E-state index contributed by atoms with van der Waals surface area (Å²) in [6.45, 7) is 1.95. The third-order valence-corrected chi connectivity index (χ3v) is 4.94. The van der Waals surface area contributed by atoms with Gasteiger partial charge in [-0.05, 0) is 18.9 Å². The molecule has 140 valence electrons. The lowest BCUT2D eigenvalue weighted by molar-refractivity contribution is -0.125. The minimum atomic E-state index is -0.0820.